The Hall–Kier alpha value is -3.52. The summed E-state index contributed by atoms with van der Waals surface area (Å²) in [5.74, 6) is -0.716. The lowest BCUT2D eigenvalue weighted by molar-refractivity contribution is -0.103. The van der Waals surface area contributed by atoms with Gasteiger partial charge in [-0.1, -0.05) is 0 Å². The van der Waals surface area contributed by atoms with Crippen LogP contribution in [-0.2, 0) is 19.5 Å². The Balaban J connectivity index is 1.83. The third kappa shape index (κ3) is 5.35. The van der Waals surface area contributed by atoms with Gasteiger partial charge >= 0.3 is 18.0 Å². The lowest BCUT2D eigenvalue weighted by Crippen LogP contribution is -2.39. The van der Waals surface area contributed by atoms with Crippen molar-refractivity contribution in [1.82, 2.24) is 19.7 Å². The number of urea groups is 1. The average Bonchev–Trinajstić information content (AvgIpc) is 2.69. The first-order chi connectivity index (χ1) is 14.7. The number of amides is 2. The molecule has 0 unspecified atom stereocenters. The number of carbonyl (C=O) groups is 2. The van der Waals surface area contributed by atoms with Crippen LogP contribution in [0.25, 0.3) is 0 Å². The molecule has 1 saturated heterocycles. The second-order valence-electron chi connectivity index (χ2n) is 6.18. The molecule has 2 amide bonds. The molecule has 0 aliphatic carbocycles. The molecule has 1 aliphatic rings. The third-order valence-electron chi connectivity index (χ3n) is 3.94. The van der Waals surface area contributed by atoms with Gasteiger partial charge in [0.2, 0.25) is 5.95 Å². The maximum Gasteiger partial charge on any atom is 0.339 e. The highest BCUT2D eigenvalue weighted by Gasteiger charge is 2.30. The topological polar surface area (TPSA) is 168 Å². The van der Waals surface area contributed by atoms with Crippen molar-refractivity contribution in [2.45, 2.75) is 17.9 Å². The molecule has 2 aromatic rings. The van der Waals surface area contributed by atoms with Crippen LogP contribution in [0.15, 0.2) is 23.1 Å². The first-order valence-corrected chi connectivity index (χ1v) is 10.3. The Labute approximate surface area is 177 Å². The number of ether oxygens (including phenoxy) is 4. The number of methoxy groups -OCH3 is 2. The smallest absolute Gasteiger partial charge is 0.339 e. The van der Waals surface area contributed by atoms with Gasteiger partial charge in [-0.25, -0.2) is 22.7 Å². The molecule has 3 rings (SSSR count). The Kier molecular flexibility index (Phi) is 6.50. The van der Waals surface area contributed by atoms with E-state index in [4.69, 9.17) is 18.9 Å². The summed E-state index contributed by atoms with van der Waals surface area (Å²) in [4.78, 5) is 35.7. The van der Waals surface area contributed by atoms with E-state index in [9.17, 15) is 18.0 Å². The predicted molar refractivity (Wildman–Crippen MR) is 103 cm³/mol. The van der Waals surface area contributed by atoms with E-state index in [1.54, 1.807) is 4.72 Å². The zero-order valence-electron chi connectivity index (χ0n) is 16.7. The number of rotatable bonds is 7. The number of carbonyl (C=O) groups excluding carboxylic acids is 2. The quantitative estimate of drug-likeness (QED) is 0.552. The zero-order chi connectivity index (χ0) is 22.6. The largest absolute Gasteiger partial charge is 0.497 e. The number of nitrogens with zero attached hydrogens (tertiary/aromatic N) is 3. The first-order valence-electron chi connectivity index (χ1n) is 8.79. The zero-order valence-corrected chi connectivity index (χ0v) is 17.6. The molecule has 2 N–H and O–H groups in total. The summed E-state index contributed by atoms with van der Waals surface area (Å²) in [6.07, 6.45) is -0.469. The molecule has 1 aliphatic heterocycles. The number of benzene rings is 1. The maximum atomic E-state index is 12.8. The second-order valence-corrected chi connectivity index (χ2v) is 7.83. The van der Waals surface area contributed by atoms with Crippen LogP contribution in [0.1, 0.15) is 16.2 Å². The van der Waals surface area contributed by atoms with Crippen LogP contribution in [-0.4, -0.2) is 68.9 Å². The van der Waals surface area contributed by atoms with Gasteiger partial charge in [0.05, 0.1) is 33.0 Å². The summed E-state index contributed by atoms with van der Waals surface area (Å²) >= 11 is 0. The van der Waals surface area contributed by atoms with Crippen LogP contribution < -0.4 is 19.5 Å². The molecule has 13 nitrogen and oxygen atoms in total. The number of nitrogens with one attached hydrogen (secondary N) is 2. The van der Waals surface area contributed by atoms with Gasteiger partial charge in [0.25, 0.3) is 10.0 Å². The van der Waals surface area contributed by atoms with Crippen molar-refractivity contribution in [2.24, 2.45) is 0 Å². The van der Waals surface area contributed by atoms with Crippen molar-refractivity contribution in [3.8, 4) is 11.8 Å². The van der Waals surface area contributed by atoms with Crippen molar-refractivity contribution in [2.75, 3.05) is 32.8 Å². The average molecular weight is 453 g/mol. The second kappa shape index (κ2) is 9.09. The summed E-state index contributed by atoms with van der Waals surface area (Å²) in [5.41, 5.74) is -0.273. The minimum absolute atomic E-state index is 0.0662. The minimum Gasteiger partial charge on any atom is -0.497 e. The molecule has 1 aromatic heterocycles. The molecule has 166 valence electrons. The van der Waals surface area contributed by atoms with Gasteiger partial charge in [0.1, 0.15) is 22.6 Å². The fraction of sp³-hybridized carbons (Fsp3) is 0.353. The highest BCUT2D eigenvalue weighted by Crippen LogP contribution is 2.24. The van der Waals surface area contributed by atoms with E-state index in [-0.39, 0.29) is 42.3 Å². The molecule has 1 aromatic carbocycles. The Morgan fingerprint density at radius 2 is 1.87 bits per heavy atom. The van der Waals surface area contributed by atoms with Gasteiger partial charge in [-0.2, -0.15) is 15.0 Å². The van der Waals surface area contributed by atoms with Gasteiger partial charge in [-0.15, -0.1) is 0 Å². The molecular formula is C17H19N5O8S. The monoisotopic (exact) mass is 453 g/mol. The standard InChI is InChI=1S/C17H19N5O8S/c1-9-18-15(21-17(19-9)28-3)20-16(24)22-31(25,26)13-6-10(27-2)4-5-12(13)14(23)30-11-7-29-8-11/h4-6,11H,7-8H2,1-3H3,(H2,18,19,20,21,22,24). The lowest BCUT2D eigenvalue weighted by Gasteiger charge is -2.26. The lowest BCUT2D eigenvalue weighted by atomic mass is 10.2. The van der Waals surface area contributed by atoms with Crippen LogP contribution in [0.5, 0.6) is 11.8 Å². The molecule has 1 fully saturated rings. The molecule has 0 radical (unpaired) electrons. The van der Waals surface area contributed by atoms with Crippen LogP contribution in [0.4, 0.5) is 10.7 Å². The van der Waals surface area contributed by atoms with E-state index >= 15 is 0 Å². The van der Waals surface area contributed by atoms with Crippen LogP contribution in [0, 0.1) is 6.92 Å². The van der Waals surface area contributed by atoms with E-state index in [1.807, 2.05) is 0 Å². The number of anilines is 1. The summed E-state index contributed by atoms with van der Waals surface area (Å²) in [5, 5.41) is 2.18. The predicted octanol–water partition coefficient (Wildman–Crippen LogP) is 0.263. The van der Waals surface area contributed by atoms with E-state index in [1.165, 1.54) is 33.3 Å². The van der Waals surface area contributed by atoms with Crippen molar-refractivity contribution in [3.63, 3.8) is 0 Å². The normalized spacial score (nSPS) is 13.6. The Bertz CT molecular complexity index is 1100. The minimum atomic E-state index is -4.51. The van der Waals surface area contributed by atoms with Gasteiger partial charge in [0.15, 0.2) is 0 Å². The SMILES string of the molecule is COc1ccc(C(=O)OC2COC2)c(S(=O)(=O)NC(=O)Nc2nc(C)nc(OC)n2)c1. The van der Waals surface area contributed by atoms with Crippen molar-refractivity contribution in [3.05, 3.63) is 29.6 Å². The highest BCUT2D eigenvalue weighted by molar-refractivity contribution is 7.90. The van der Waals surface area contributed by atoms with Crippen LogP contribution >= 0.6 is 0 Å². The third-order valence-corrected chi connectivity index (χ3v) is 5.31. The number of esters is 1. The summed E-state index contributed by atoms with van der Waals surface area (Å²) in [6.45, 7) is 1.98. The van der Waals surface area contributed by atoms with Crippen LogP contribution in [0.3, 0.4) is 0 Å². The summed E-state index contributed by atoms with van der Waals surface area (Å²) < 4.78 is 47.5. The summed E-state index contributed by atoms with van der Waals surface area (Å²) in [7, 11) is -1.87. The van der Waals surface area contributed by atoms with Crippen molar-refractivity contribution < 1.29 is 37.0 Å². The Morgan fingerprint density at radius 1 is 1.13 bits per heavy atom. The van der Waals surface area contributed by atoms with Crippen molar-refractivity contribution >= 4 is 28.0 Å². The fourth-order valence-electron chi connectivity index (χ4n) is 2.43. The molecule has 0 spiro atoms. The molecule has 0 bridgehead atoms. The maximum absolute atomic E-state index is 12.8. The molecule has 31 heavy (non-hydrogen) atoms. The van der Waals surface area contributed by atoms with Crippen LogP contribution in [0.2, 0.25) is 0 Å². The number of hydrogen-bond donors (Lipinski definition) is 2. The molecular weight excluding hydrogens is 434 g/mol. The van der Waals surface area contributed by atoms with Gasteiger partial charge in [-0.05, 0) is 19.1 Å². The number of hydrogen-bond acceptors (Lipinski definition) is 11. The summed E-state index contributed by atoms with van der Waals surface area (Å²) in [6, 6.07) is 2.49. The number of sulfonamides is 1. The van der Waals surface area contributed by atoms with Gasteiger partial charge in [-0.3, -0.25) is 5.32 Å². The van der Waals surface area contributed by atoms with Gasteiger partial charge in [0, 0.05) is 6.07 Å². The Morgan fingerprint density at radius 3 is 2.48 bits per heavy atom. The molecule has 0 atom stereocenters. The fourth-order valence-corrected chi connectivity index (χ4v) is 3.54. The molecule has 2 heterocycles. The van der Waals surface area contributed by atoms with E-state index in [0.717, 1.165) is 6.07 Å². The highest BCUT2D eigenvalue weighted by atomic mass is 32.2. The van der Waals surface area contributed by atoms with E-state index in [0.29, 0.717) is 0 Å². The van der Waals surface area contributed by atoms with E-state index in [2.05, 4.69) is 20.3 Å². The molecule has 0 saturated carbocycles. The van der Waals surface area contributed by atoms with E-state index < -0.39 is 33.0 Å². The van der Waals surface area contributed by atoms with Gasteiger partial charge < -0.3 is 18.9 Å². The van der Waals surface area contributed by atoms with Crippen molar-refractivity contribution in [1.29, 1.82) is 0 Å². The first kappa shape index (κ1) is 22.2. The molecule has 14 heteroatoms. The number of aryl methyl sites for hydroxylation is 1. The number of aromatic nitrogens is 3.